The van der Waals surface area contributed by atoms with Crippen molar-refractivity contribution in [2.45, 2.75) is 0 Å². The second-order valence-corrected chi connectivity index (χ2v) is 6.64. The number of aromatic nitrogens is 2. The average molecular weight is 462 g/mol. The molecule has 0 aliphatic carbocycles. The molecule has 2 aromatic carbocycles. The molecule has 34 heavy (non-hydrogen) atoms. The largest absolute Gasteiger partial charge is 0.507 e. The molecule has 0 unspecified atom stereocenters. The van der Waals surface area contributed by atoms with Crippen molar-refractivity contribution in [1.82, 2.24) is 9.97 Å². The van der Waals surface area contributed by atoms with Crippen LogP contribution in [0, 0.1) is 0 Å². The van der Waals surface area contributed by atoms with Crippen molar-refractivity contribution < 1.29 is 30.0 Å². The zero-order valence-electron chi connectivity index (χ0n) is 17.7. The highest BCUT2D eigenvalue weighted by Gasteiger charge is 2.09. The maximum atomic E-state index is 10.4. The summed E-state index contributed by atoms with van der Waals surface area (Å²) >= 11 is 0. The van der Waals surface area contributed by atoms with Crippen molar-refractivity contribution in [2.75, 3.05) is 11.5 Å². The Bertz CT molecular complexity index is 1150. The lowest BCUT2D eigenvalue weighted by Crippen LogP contribution is -1.97. The first kappa shape index (κ1) is 25.1. The molecule has 10 nitrogen and oxygen atoms in total. The van der Waals surface area contributed by atoms with E-state index >= 15 is 0 Å². The number of hydrogen-bond acceptors (Lipinski definition) is 8. The predicted octanol–water partition coefficient (Wildman–Crippen LogP) is 3.49. The quantitative estimate of drug-likeness (QED) is 0.194. The number of rotatable bonds is 3. The molecule has 174 valence electrons. The first-order valence-corrected chi connectivity index (χ1v) is 9.63. The van der Waals surface area contributed by atoms with Crippen molar-refractivity contribution in [3.05, 3.63) is 96.6 Å². The Hall–Kier alpha value is -5.12. The van der Waals surface area contributed by atoms with Crippen LogP contribution in [0.3, 0.4) is 0 Å². The molecular weight excluding hydrogens is 440 g/mol. The van der Waals surface area contributed by atoms with E-state index in [-0.39, 0.29) is 22.6 Å². The highest BCUT2D eigenvalue weighted by atomic mass is 16.4. The molecule has 0 aliphatic rings. The Morgan fingerprint density at radius 1 is 0.588 bits per heavy atom. The molecule has 4 aromatic rings. The van der Waals surface area contributed by atoms with Crippen LogP contribution in [0.4, 0.5) is 11.4 Å². The zero-order valence-corrected chi connectivity index (χ0v) is 17.7. The van der Waals surface area contributed by atoms with Gasteiger partial charge in [0.15, 0.2) is 0 Å². The van der Waals surface area contributed by atoms with Crippen LogP contribution in [0.1, 0.15) is 20.7 Å². The van der Waals surface area contributed by atoms with Gasteiger partial charge in [-0.1, -0.05) is 0 Å². The van der Waals surface area contributed by atoms with Crippen molar-refractivity contribution >= 4 is 23.3 Å². The fourth-order valence-electron chi connectivity index (χ4n) is 2.54. The maximum absolute atomic E-state index is 10.4. The summed E-state index contributed by atoms with van der Waals surface area (Å²) in [6.07, 6.45) is 7.15. The Kier molecular flexibility index (Phi) is 8.91. The molecule has 0 atom stereocenters. The van der Waals surface area contributed by atoms with Gasteiger partial charge in [0.2, 0.25) is 0 Å². The number of aromatic hydroxyl groups is 2. The molecule has 0 saturated carbocycles. The minimum atomic E-state index is -1.19. The minimum absolute atomic E-state index is 0.176. The lowest BCUT2D eigenvalue weighted by molar-refractivity contribution is 0.0682. The predicted molar refractivity (Wildman–Crippen MR) is 126 cm³/mol. The van der Waals surface area contributed by atoms with E-state index in [0.717, 1.165) is 0 Å². The van der Waals surface area contributed by atoms with E-state index in [4.69, 9.17) is 31.9 Å². The van der Waals surface area contributed by atoms with Crippen LogP contribution in [0.2, 0.25) is 0 Å². The lowest BCUT2D eigenvalue weighted by Gasteiger charge is -1.98. The number of carbonyl (C=O) groups is 2. The number of carboxylic acid groups (broad SMARTS) is 2. The number of nitrogens with zero attached hydrogens (tertiary/aromatic N) is 2. The average Bonchev–Trinajstić information content (AvgIpc) is 2.84. The SMILES string of the molecule is Nc1ccc(O)c(C(=O)O)c1.Nc1ccc(O)c(C(=O)O)c1.c1cc(-c2ccncc2)ccn1. The Balaban J connectivity index is 0.000000181. The molecule has 8 N–H and O–H groups in total. The summed E-state index contributed by atoms with van der Waals surface area (Å²) in [5.74, 6) is -2.91. The number of nitrogens with two attached hydrogens (primary N) is 2. The topological polar surface area (TPSA) is 193 Å². The molecule has 0 radical (unpaired) electrons. The highest BCUT2D eigenvalue weighted by molar-refractivity contribution is 5.92. The van der Waals surface area contributed by atoms with E-state index < -0.39 is 11.9 Å². The van der Waals surface area contributed by atoms with Crippen LogP contribution in [0.15, 0.2) is 85.5 Å². The van der Waals surface area contributed by atoms with Gasteiger partial charge < -0.3 is 31.9 Å². The summed E-state index contributed by atoms with van der Waals surface area (Å²) in [5, 5.41) is 34.9. The monoisotopic (exact) mass is 462 g/mol. The number of benzene rings is 2. The number of phenols is 2. The van der Waals surface area contributed by atoms with Gasteiger partial charge in [-0.15, -0.1) is 0 Å². The minimum Gasteiger partial charge on any atom is -0.507 e. The third-order valence-electron chi connectivity index (χ3n) is 4.20. The van der Waals surface area contributed by atoms with Gasteiger partial charge >= 0.3 is 11.9 Å². The lowest BCUT2D eigenvalue weighted by atomic mass is 10.1. The number of carboxylic acids is 2. The molecule has 0 fully saturated rings. The molecular formula is C24H22N4O6. The van der Waals surface area contributed by atoms with Crippen LogP contribution in [-0.4, -0.2) is 42.3 Å². The van der Waals surface area contributed by atoms with Gasteiger partial charge in [0.25, 0.3) is 0 Å². The third-order valence-corrected chi connectivity index (χ3v) is 4.20. The summed E-state index contributed by atoms with van der Waals surface area (Å²) in [6, 6.07) is 15.7. The van der Waals surface area contributed by atoms with E-state index in [2.05, 4.69) is 9.97 Å². The normalized spacial score (nSPS) is 9.53. The second kappa shape index (κ2) is 12.1. The maximum Gasteiger partial charge on any atom is 0.339 e. The molecule has 2 heterocycles. The van der Waals surface area contributed by atoms with Crippen LogP contribution >= 0.6 is 0 Å². The van der Waals surface area contributed by atoms with Gasteiger partial charge in [-0.2, -0.15) is 0 Å². The van der Waals surface area contributed by atoms with Gasteiger partial charge in [0, 0.05) is 36.2 Å². The van der Waals surface area contributed by atoms with E-state index in [1.165, 1.54) is 47.5 Å². The van der Waals surface area contributed by atoms with Gasteiger partial charge in [0.1, 0.15) is 22.6 Å². The first-order chi connectivity index (χ1) is 16.2. The zero-order chi connectivity index (χ0) is 25.1. The Morgan fingerprint density at radius 2 is 0.912 bits per heavy atom. The van der Waals surface area contributed by atoms with E-state index in [1.54, 1.807) is 24.8 Å². The van der Waals surface area contributed by atoms with Crippen LogP contribution in [0.25, 0.3) is 11.1 Å². The fraction of sp³-hybridized carbons (Fsp3) is 0. The molecule has 0 bridgehead atoms. The van der Waals surface area contributed by atoms with Crippen molar-refractivity contribution in [2.24, 2.45) is 0 Å². The van der Waals surface area contributed by atoms with Gasteiger partial charge in [-0.25, -0.2) is 9.59 Å². The van der Waals surface area contributed by atoms with Crippen LogP contribution in [-0.2, 0) is 0 Å². The van der Waals surface area contributed by atoms with Crippen LogP contribution < -0.4 is 11.5 Å². The van der Waals surface area contributed by atoms with Crippen molar-refractivity contribution in [3.8, 4) is 22.6 Å². The summed E-state index contributed by atoms with van der Waals surface area (Å²) in [5.41, 5.74) is 13.2. The summed E-state index contributed by atoms with van der Waals surface area (Å²) in [4.78, 5) is 28.6. The molecule has 2 aromatic heterocycles. The number of pyridine rings is 2. The molecule has 10 heteroatoms. The molecule has 0 saturated heterocycles. The first-order valence-electron chi connectivity index (χ1n) is 9.63. The smallest absolute Gasteiger partial charge is 0.339 e. The molecule has 0 spiro atoms. The van der Waals surface area contributed by atoms with Crippen molar-refractivity contribution in [3.63, 3.8) is 0 Å². The van der Waals surface area contributed by atoms with E-state index in [0.29, 0.717) is 11.4 Å². The third kappa shape index (κ3) is 7.54. The molecule has 0 aliphatic heterocycles. The fourth-order valence-corrected chi connectivity index (χ4v) is 2.54. The molecule has 0 amide bonds. The van der Waals surface area contributed by atoms with E-state index in [9.17, 15) is 9.59 Å². The van der Waals surface area contributed by atoms with Crippen LogP contribution in [0.5, 0.6) is 11.5 Å². The summed E-state index contributed by atoms with van der Waals surface area (Å²) < 4.78 is 0. The molecule has 4 rings (SSSR count). The number of nitrogen functional groups attached to an aromatic ring is 2. The van der Waals surface area contributed by atoms with Gasteiger partial charge in [-0.3, -0.25) is 9.97 Å². The number of anilines is 2. The summed E-state index contributed by atoms with van der Waals surface area (Å²) in [6.45, 7) is 0. The second-order valence-electron chi connectivity index (χ2n) is 6.64. The Morgan fingerprint density at radius 3 is 1.18 bits per heavy atom. The van der Waals surface area contributed by atoms with Crippen molar-refractivity contribution in [1.29, 1.82) is 0 Å². The van der Waals surface area contributed by atoms with E-state index in [1.807, 2.05) is 24.3 Å². The van der Waals surface area contributed by atoms with Gasteiger partial charge in [-0.05, 0) is 71.8 Å². The highest BCUT2D eigenvalue weighted by Crippen LogP contribution is 2.20. The number of hydrogen-bond donors (Lipinski definition) is 6. The number of aromatic carboxylic acids is 2. The standard InChI is InChI=1S/C10H8N2.2C7H7NO3/c1-5-11-6-2-9(1)10-3-7-12-8-4-10;2*8-4-1-2-6(9)5(3-4)7(10)11/h1-8H;2*1-3,9H,8H2,(H,10,11). The van der Waals surface area contributed by atoms with Gasteiger partial charge in [0.05, 0.1) is 0 Å². The summed E-state index contributed by atoms with van der Waals surface area (Å²) in [7, 11) is 0. The Labute approximate surface area is 194 Å².